The summed E-state index contributed by atoms with van der Waals surface area (Å²) in [5.74, 6) is 0.954. The Bertz CT molecular complexity index is 1870. The highest BCUT2D eigenvalue weighted by Gasteiger charge is 2.40. The number of ether oxygens (including phenoxy) is 1. The van der Waals surface area contributed by atoms with Crippen LogP contribution in [0.3, 0.4) is 0 Å². The zero-order valence-corrected chi connectivity index (χ0v) is 23.1. The average Bonchev–Trinajstić information content (AvgIpc) is 3.64. The minimum absolute atomic E-state index is 0.0458. The monoisotopic (exact) mass is 603 g/mol. The fraction of sp³-hybridized carbons (Fsp3) is 0.103. The Morgan fingerprint density at radius 1 is 1.00 bits per heavy atom. The van der Waals surface area contributed by atoms with Crippen LogP contribution in [-0.2, 0) is 10.0 Å². The van der Waals surface area contributed by atoms with E-state index >= 15 is 0 Å². The minimum atomic E-state index is -4.11. The summed E-state index contributed by atoms with van der Waals surface area (Å²) in [7, 11) is -2.60. The van der Waals surface area contributed by atoms with E-state index in [-0.39, 0.29) is 16.9 Å². The second-order valence-corrected chi connectivity index (χ2v) is 11.7. The molecule has 8 nitrogen and oxygen atoms in total. The van der Waals surface area contributed by atoms with Crippen molar-refractivity contribution in [2.75, 3.05) is 7.11 Å². The number of nitrogens with one attached hydrogen (secondary N) is 1. The van der Waals surface area contributed by atoms with Crippen LogP contribution in [0.1, 0.15) is 23.8 Å². The second kappa shape index (κ2) is 9.87. The van der Waals surface area contributed by atoms with Crippen LogP contribution in [-0.4, -0.2) is 30.6 Å². The van der Waals surface area contributed by atoms with E-state index in [1.54, 1.807) is 24.3 Å². The highest BCUT2D eigenvalue weighted by Crippen LogP contribution is 2.40. The van der Waals surface area contributed by atoms with Gasteiger partial charge in [0.25, 0.3) is 15.6 Å². The first-order chi connectivity index (χ1) is 18.9. The number of methoxy groups -OCH3 is 1. The lowest BCUT2D eigenvalue weighted by Crippen LogP contribution is -2.27. The smallest absolute Gasteiger partial charge is 0.279 e. The summed E-state index contributed by atoms with van der Waals surface area (Å²) in [6, 6.07) is 23.9. The highest BCUT2D eigenvalue weighted by atomic mass is 79.9. The number of furan rings is 1. The van der Waals surface area contributed by atoms with Crippen LogP contribution in [0.4, 0.5) is 0 Å². The molecule has 196 valence electrons. The van der Waals surface area contributed by atoms with Gasteiger partial charge < -0.3 is 14.1 Å². The highest BCUT2D eigenvalue weighted by molar-refractivity contribution is 9.10. The van der Waals surface area contributed by atoms with Crippen molar-refractivity contribution in [2.45, 2.75) is 17.4 Å². The summed E-state index contributed by atoms with van der Waals surface area (Å²) in [5, 5.41) is 5.41. The lowest BCUT2D eigenvalue weighted by atomic mass is 9.92. The third-order valence-electron chi connectivity index (χ3n) is 6.68. The van der Waals surface area contributed by atoms with Crippen molar-refractivity contribution in [1.29, 1.82) is 0 Å². The van der Waals surface area contributed by atoms with Gasteiger partial charge in [0.05, 0.1) is 29.5 Å². The van der Waals surface area contributed by atoms with E-state index in [0.29, 0.717) is 33.9 Å². The third kappa shape index (κ3) is 4.45. The van der Waals surface area contributed by atoms with Gasteiger partial charge in [0.1, 0.15) is 17.6 Å². The molecular weight excluding hydrogens is 582 g/mol. The van der Waals surface area contributed by atoms with Gasteiger partial charge in [0.15, 0.2) is 0 Å². The Hall–Kier alpha value is -4.15. The van der Waals surface area contributed by atoms with Crippen molar-refractivity contribution in [2.24, 2.45) is 5.10 Å². The number of hydrazone groups is 1. The van der Waals surface area contributed by atoms with Crippen molar-refractivity contribution in [3.63, 3.8) is 0 Å². The molecule has 6 rings (SSSR count). The van der Waals surface area contributed by atoms with Gasteiger partial charge in [-0.25, -0.2) is 0 Å². The van der Waals surface area contributed by atoms with Crippen LogP contribution in [0.25, 0.3) is 22.0 Å². The van der Waals surface area contributed by atoms with Gasteiger partial charge in [0, 0.05) is 27.4 Å². The molecule has 5 aromatic rings. The maximum atomic E-state index is 13.9. The van der Waals surface area contributed by atoms with Gasteiger partial charge in [-0.1, -0.05) is 46.3 Å². The Kier molecular flexibility index (Phi) is 6.36. The quantitative estimate of drug-likeness (QED) is 0.252. The van der Waals surface area contributed by atoms with Gasteiger partial charge >= 0.3 is 0 Å². The van der Waals surface area contributed by atoms with Crippen molar-refractivity contribution in [1.82, 2.24) is 9.40 Å². The Labute approximate surface area is 232 Å². The number of nitrogens with zero attached hydrogens (tertiary/aromatic N) is 2. The number of aromatic amines is 1. The maximum Gasteiger partial charge on any atom is 0.279 e. The Morgan fingerprint density at radius 2 is 1.77 bits per heavy atom. The zero-order valence-electron chi connectivity index (χ0n) is 20.7. The van der Waals surface area contributed by atoms with E-state index in [1.165, 1.54) is 25.5 Å². The first-order valence-electron chi connectivity index (χ1n) is 12.1. The summed E-state index contributed by atoms with van der Waals surface area (Å²) < 4.78 is 40.4. The lowest BCUT2D eigenvalue weighted by molar-refractivity contribution is 0.320. The number of fused-ring (bicyclic) bond motifs is 1. The molecule has 0 amide bonds. The first kappa shape index (κ1) is 25.1. The molecule has 3 heterocycles. The molecule has 0 saturated heterocycles. The Balaban J connectivity index is 1.58. The molecule has 0 aliphatic carbocycles. The van der Waals surface area contributed by atoms with Crippen LogP contribution in [0.15, 0.2) is 115 Å². The standard InChI is InChI=1S/C29H22BrN3O5S/c1-37-20-10-12-21(13-11-20)39(35,36)33-25(26-8-5-15-38-26)17-24(32-33)28-27(18-6-3-2-4-7-18)22-16-19(30)9-14-23(22)31-29(28)34/h2-16,25H,17H2,1H3,(H,31,34). The molecule has 0 saturated carbocycles. The molecule has 1 unspecified atom stereocenters. The van der Waals surface area contributed by atoms with Gasteiger partial charge in [-0.15, -0.1) is 0 Å². The fourth-order valence-electron chi connectivity index (χ4n) is 4.86. The number of H-pyrrole nitrogens is 1. The number of halogens is 1. The van der Waals surface area contributed by atoms with E-state index in [2.05, 4.69) is 26.0 Å². The zero-order chi connectivity index (χ0) is 27.1. The van der Waals surface area contributed by atoms with Crippen LogP contribution in [0.5, 0.6) is 5.75 Å². The molecule has 1 aliphatic rings. The lowest BCUT2D eigenvalue weighted by Gasteiger charge is -2.21. The van der Waals surface area contributed by atoms with Gasteiger partial charge in [-0.3, -0.25) is 4.79 Å². The normalized spacial score (nSPS) is 15.5. The fourth-order valence-corrected chi connectivity index (χ4v) is 6.63. The van der Waals surface area contributed by atoms with Crippen LogP contribution in [0, 0.1) is 0 Å². The molecule has 0 bridgehead atoms. The largest absolute Gasteiger partial charge is 0.497 e. The maximum absolute atomic E-state index is 13.9. The number of hydrogen-bond acceptors (Lipinski definition) is 6. The van der Waals surface area contributed by atoms with Crippen molar-refractivity contribution >= 4 is 42.6 Å². The molecule has 2 aromatic heterocycles. The minimum Gasteiger partial charge on any atom is -0.497 e. The van der Waals surface area contributed by atoms with Gasteiger partial charge in [0.2, 0.25) is 0 Å². The molecule has 1 N–H and O–H groups in total. The Morgan fingerprint density at radius 3 is 2.46 bits per heavy atom. The topological polar surface area (TPSA) is 105 Å². The second-order valence-electron chi connectivity index (χ2n) is 9.00. The molecule has 39 heavy (non-hydrogen) atoms. The van der Waals surface area contributed by atoms with Crippen LogP contribution in [0.2, 0.25) is 0 Å². The predicted octanol–water partition coefficient (Wildman–Crippen LogP) is 6.10. The molecule has 0 radical (unpaired) electrons. The van der Waals surface area contributed by atoms with Crippen LogP contribution >= 0.6 is 15.9 Å². The molecule has 0 spiro atoms. The third-order valence-corrected chi connectivity index (χ3v) is 8.86. The summed E-state index contributed by atoms with van der Waals surface area (Å²) >= 11 is 3.54. The van der Waals surface area contributed by atoms with E-state index in [4.69, 9.17) is 9.15 Å². The molecule has 0 fully saturated rings. The van der Waals surface area contributed by atoms with E-state index in [0.717, 1.165) is 19.8 Å². The van der Waals surface area contributed by atoms with Gasteiger partial charge in [-0.05, 0) is 60.2 Å². The number of benzene rings is 3. The van der Waals surface area contributed by atoms with Crippen molar-refractivity contribution in [3.05, 3.63) is 117 Å². The first-order valence-corrected chi connectivity index (χ1v) is 14.3. The number of sulfonamides is 1. The van der Waals surface area contributed by atoms with Crippen molar-refractivity contribution < 1.29 is 17.6 Å². The SMILES string of the molecule is COc1ccc(S(=O)(=O)N2N=C(c3c(-c4ccccc4)c4cc(Br)ccc4[nH]c3=O)CC2c2ccco2)cc1. The van der Waals surface area contributed by atoms with E-state index in [9.17, 15) is 13.2 Å². The average molecular weight is 604 g/mol. The number of hydrogen-bond donors (Lipinski definition) is 1. The van der Waals surface area contributed by atoms with Gasteiger partial charge in [-0.2, -0.15) is 17.9 Å². The predicted molar refractivity (Wildman–Crippen MR) is 152 cm³/mol. The molecule has 10 heteroatoms. The summed E-state index contributed by atoms with van der Waals surface area (Å²) in [4.78, 5) is 16.6. The molecule has 1 aliphatic heterocycles. The summed E-state index contributed by atoms with van der Waals surface area (Å²) in [6.45, 7) is 0. The molecular formula is C29H22BrN3O5S. The van der Waals surface area contributed by atoms with Crippen LogP contribution < -0.4 is 10.3 Å². The van der Waals surface area contributed by atoms with E-state index < -0.39 is 16.1 Å². The number of aromatic nitrogens is 1. The number of rotatable bonds is 6. The summed E-state index contributed by atoms with van der Waals surface area (Å²) in [6.07, 6.45) is 1.63. The summed E-state index contributed by atoms with van der Waals surface area (Å²) in [5.41, 5.74) is 2.46. The molecule has 3 aromatic carbocycles. The van der Waals surface area contributed by atoms with E-state index in [1.807, 2.05) is 48.5 Å². The molecule has 1 atom stereocenters. The van der Waals surface area contributed by atoms with Crippen molar-refractivity contribution in [3.8, 4) is 16.9 Å². The number of pyridine rings is 1.